The Kier molecular flexibility index (Phi) is 6.56. The Bertz CT molecular complexity index is 1150. The maximum atomic E-state index is 13.4. The lowest BCUT2D eigenvalue weighted by Gasteiger charge is -2.40. The Labute approximate surface area is 207 Å². The van der Waals surface area contributed by atoms with E-state index < -0.39 is 11.9 Å². The van der Waals surface area contributed by atoms with Crippen LogP contribution in [0.3, 0.4) is 0 Å². The minimum atomic E-state index is -0.514. The monoisotopic (exact) mass is 528 g/mol. The number of halogens is 1. The summed E-state index contributed by atoms with van der Waals surface area (Å²) in [6, 6.07) is 11.9. The fourth-order valence-electron chi connectivity index (χ4n) is 4.48. The average Bonchev–Trinajstić information content (AvgIpc) is 3.25. The summed E-state index contributed by atoms with van der Waals surface area (Å²) in [5.74, 6) is -0.583. The zero-order chi connectivity index (χ0) is 23.9. The number of esters is 1. The van der Waals surface area contributed by atoms with Gasteiger partial charge in [0.05, 0.1) is 18.1 Å². The van der Waals surface area contributed by atoms with Gasteiger partial charge in [0.25, 0.3) is 0 Å². The Morgan fingerprint density at radius 3 is 2.48 bits per heavy atom. The van der Waals surface area contributed by atoms with Crippen molar-refractivity contribution >= 4 is 44.7 Å². The second-order valence-corrected chi connectivity index (χ2v) is 11.4. The predicted molar refractivity (Wildman–Crippen MR) is 136 cm³/mol. The first kappa shape index (κ1) is 23.8. The molecule has 0 fully saturated rings. The van der Waals surface area contributed by atoms with E-state index in [9.17, 15) is 9.59 Å². The molecule has 7 heteroatoms. The summed E-state index contributed by atoms with van der Waals surface area (Å²) >= 11 is 5.11. The van der Waals surface area contributed by atoms with E-state index in [0.717, 1.165) is 33.6 Å². The van der Waals surface area contributed by atoms with Gasteiger partial charge in [-0.3, -0.25) is 9.69 Å². The zero-order valence-electron chi connectivity index (χ0n) is 19.4. The van der Waals surface area contributed by atoms with Gasteiger partial charge in [-0.15, -0.1) is 11.3 Å². The summed E-state index contributed by atoms with van der Waals surface area (Å²) in [4.78, 5) is 30.7. The normalized spacial score (nSPS) is 19.1. The molecule has 2 aliphatic rings. The Hall–Kier alpha value is -2.38. The number of ether oxygens (including phenoxy) is 1. The van der Waals surface area contributed by atoms with Crippen LogP contribution in [0.25, 0.3) is 0 Å². The molecule has 2 aromatic rings. The fourth-order valence-corrected chi connectivity index (χ4v) is 5.93. The smallest absolute Gasteiger partial charge is 0.338 e. The summed E-state index contributed by atoms with van der Waals surface area (Å²) in [6.45, 7) is 8.49. The van der Waals surface area contributed by atoms with Crippen LogP contribution < -0.4 is 10.6 Å². The van der Waals surface area contributed by atoms with Crippen molar-refractivity contribution < 1.29 is 14.3 Å². The Morgan fingerprint density at radius 2 is 1.88 bits per heavy atom. The number of thiophene rings is 1. The number of hydrogen-bond acceptors (Lipinski definition) is 6. The predicted octanol–water partition coefficient (Wildman–Crippen LogP) is 6.15. The SMILES string of the molecule is CCOC(=O)C1=C(N)N(c2ccc(Br)cc2)C2=C(C(=O)CCC2)[C@@H]1c1ccc(C(C)(C)C)s1. The van der Waals surface area contributed by atoms with E-state index in [1.165, 1.54) is 4.88 Å². The van der Waals surface area contributed by atoms with E-state index in [-0.39, 0.29) is 17.8 Å². The van der Waals surface area contributed by atoms with Crippen LogP contribution in [0.1, 0.15) is 62.6 Å². The van der Waals surface area contributed by atoms with E-state index in [2.05, 4.69) is 42.8 Å². The second kappa shape index (κ2) is 9.11. The third kappa shape index (κ3) is 4.41. The lowest BCUT2D eigenvalue weighted by molar-refractivity contribution is -0.138. The molecule has 0 spiro atoms. The van der Waals surface area contributed by atoms with E-state index in [1.54, 1.807) is 18.3 Å². The summed E-state index contributed by atoms with van der Waals surface area (Å²) in [5.41, 5.74) is 9.43. The van der Waals surface area contributed by atoms with Crippen molar-refractivity contribution in [1.29, 1.82) is 0 Å². The fraction of sp³-hybridized carbons (Fsp3) is 0.385. The van der Waals surface area contributed by atoms with Crippen molar-refractivity contribution in [2.24, 2.45) is 5.73 Å². The molecule has 5 nitrogen and oxygen atoms in total. The molecule has 1 aromatic carbocycles. The van der Waals surface area contributed by atoms with Crippen LogP contribution in [0.15, 0.2) is 63.5 Å². The molecule has 174 valence electrons. The van der Waals surface area contributed by atoms with E-state index in [4.69, 9.17) is 10.5 Å². The van der Waals surface area contributed by atoms with E-state index >= 15 is 0 Å². The zero-order valence-corrected chi connectivity index (χ0v) is 21.8. The number of anilines is 1. The van der Waals surface area contributed by atoms with Gasteiger partial charge in [-0.2, -0.15) is 0 Å². The molecule has 1 aliphatic heterocycles. The molecule has 2 heterocycles. The van der Waals surface area contributed by atoms with Crippen LogP contribution >= 0.6 is 27.3 Å². The van der Waals surface area contributed by atoms with Crippen molar-refractivity contribution in [3.8, 4) is 0 Å². The Morgan fingerprint density at radius 1 is 1.18 bits per heavy atom. The number of hydrogen-bond donors (Lipinski definition) is 1. The van der Waals surface area contributed by atoms with Crippen LogP contribution in [-0.4, -0.2) is 18.4 Å². The molecular formula is C26H29BrN2O3S. The van der Waals surface area contributed by atoms with Crippen LogP contribution in [0, 0.1) is 0 Å². The molecule has 0 saturated carbocycles. The quantitative estimate of drug-likeness (QED) is 0.481. The molecule has 33 heavy (non-hydrogen) atoms. The van der Waals surface area contributed by atoms with Crippen molar-refractivity contribution in [3.63, 3.8) is 0 Å². The summed E-state index contributed by atoms with van der Waals surface area (Å²) in [6.07, 6.45) is 1.95. The molecule has 1 aromatic heterocycles. The van der Waals surface area contributed by atoms with Crippen molar-refractivity contribution in [3.05, 3.63) is 73.3 Å². The molecule has 1 aliphatic carbocycles. The lowest BCUT2D eigenvalue weighted by Crippen LogP contribution is -2.40. The third-order valence-electron chi connectivity index (χ3n) is 6.02. The van der Waals surface area contributed by atoms with E-state index in [1.807, 2.05) is 35.2 Å². The molecule has 0 amide bonds. The number of allylic oxidation sites excluding steroid dienone is 2. The highest BCUT2D eigenvalue weighted by Crippen LogP contribution is 2.49. The van der Waals surface area contributed by atoms with Crippen LogP contribution in [-0.2, 0) is 19.7 Å². The van der Waals surface area contributed by atoms with E-state index in [0.29, 0.717) is 23.4 Å². The molecule has 1 atom stereocenters. The summed E-state index contributed by atoms with van der Waals surface area (Å²) in [5, 5.41) is 0. The van der Waals surface area contributed by atoms with Crippen LogP contribution in [0.4, 0.5) is 5.69 Å². The standard InChI is InChI=1S/C26H29BrN2O3S/c1-5-32-25(31)23-22(19-13-14-20(33-19)26(2,3)4)21-17(7-6-8-18(21)30)29(24(23)28)16-11-9-15(27)10-12-16/h9-14,22H,5-8,28H2,1-4H3/t22-/m0/s1. The molecule has 2 N–H and O–H groups in total. The first-order valence-corrected chi connectivity index (χ1v) is 12.8. The number of benzene rings is 1. The van der Waals surface area contributed by atoms with Gasteiger partial charge in [-0.25, -0.2) is 4.79 Å². The number of carbonyl (C=O) groups excluding carboxylic acids is 2. The van der Waals surface area contributed by atoms with Gasteiger partial charge in [-0.1, -0.05) is 36.7 Å². The Balaban J connectivity index is 1.96. The molecular weight excluding hydrogens is 500 g/mol. The maximum absolute atomic E-state index is 13.4. The summed E-state index contributed by atoms with van der Waals surface area (Å²) in [7, 11) is 0. The van der Waals surface area contributed by atoms with Crippen molar-refractivity contribution in [1.82, 2.24) is 0 Å². The van der Waals surface area contributed by atoms with Crippen molar-refractivity contribution in [2.75, 3.05) is 11.5 Å². The van der Waals surface area contributed by atoms with Crippen molar-refractivity contribution in [2.45, 2.75) is 58.3 Å². The van der Waals surface area contributed by atoms with Gasteiger partial charge in [0.1, 0.15) is 5.82 Å². The van der Waals surface area contributed by atoms with Gasteiger partial charge in [0.15, 0.2) is 5.78 Å². The average molecular weight is 530 g/mol. The van der Waals surface area contributed by atoms with Gasteiger partial charge in [-0.05, 0) is 61.6 Å². The molecule has 0 unspecified atom stereocenters. The second-order valence-electron chi connectivity index (χ2n) is 9.35. The highest BCUT2D eigenvalue weighted by molar-refractivity contribution is 9.10. The number of rotatable bonds is 4. The molecule has 0 bridgehead atoms. The minimum absolute atomic E-state index is 0.0336. The summed E-state index contributed by atoms with van der Waals surface area (Å²) < 4.78 is 6.40. The minimum Gasteiger partial charge on any atom is -0.463 e. The number of nitrogens with two attached hydrogens (primary N) is 1. The van der Waals surface area contributed by atoms with Gasteiger partial charge in [0.2, 0.25) is 0 Å². The number of carbonyl (C=O) groups is 2. The van der Waals surface area contributed by atoms with Gasteiger partial charge < -0.3 is 10.5 Å². The van der Waals surface area contributed by atoms with Gasteiger partial charge in [0, 0.05) is 37.6 Å². The highest BCUT2D eigenvalue weighted by atomic mass is 79.9. The number of nitrogens with zero attached hydrogens (tertiary/aromatic N) is 1. The largest absolute Gasteiger partial charge is 0.463 e. The first-order chi connectivity index (χ1) is 15.6. The lowest BCUT2D eigenvalue weighted by atomic mass is 9.77. The van der Waals surface area contributed by atoms with Gasteiger partial charge >= 0.3 is 5.97 Å². The highest BCUT2D eigenvalue weighted by Gasteiger charge is 2.43. The number of Topliss-reactive ketones (excluding diaryl/α,β-unsaturated/α-hetero) is 1. The van der Waals surface area contributed by atoms with Crippen LogP contribution in [0.5, 0.6) is 0 Å². The molecule has 0 radical (unpaired) electrons. The third-order valence-corrected chi connectivity index (χ3v) is 8.13. The molecule has 4 rings (SSSR count). The first-order valence-electron chi connectivity index (χ1n) is 11.2. The number of ketones is 1. The topological polar surface area (TPSA) is 72.6 Å². The van der Waals surface area contributed by atoms with Crippen LogP contribution in [0.2, 0.25) is 0 Å². The molecule has 0 saturated heterocycles. The maximum Gasteiger partial charge on any atom is 0.338 e.